The molecule has 0 bridgehead atoms. The van der Waals surface area contributed by atoms with Crippen LogP contribution in [-0.4, -0.2) is 5.11 Å². The monoisotopic (exact) mass is 323 g/mol. The molecule has 2 nitrogen and oxygen atoms in total. The van der Waals surface area contributed by atoms with Crippen LogP contribution in [0.5, 0.6) is 5.75 Å². The van der Waals surface area contributed by atoms with E-state index >= 15 is 0 Å². The van der Waals surface area contributed by atoms with Crippen LogP contribution in [0, 0.1) is 11.3 Å². The number of halogens is 3. The topological polar surface area (TPSA) is 44.0 Å². The molecular weight excluding hydrogens is 316 g/mol. The van der Waals surface area contributed by atoms with E-state index in [0.29, 0.717) is 21.2 Å². The first kappa shape index (κ1) is 13.5. The molecule has 0 aliphatic carbocycles. The number of nitrogens with zero attached hydrogens (tertiary/aromatic N) is 1. The van der Waals surface area contributed by atoms with E-state index in [1.54, 1.807) is 6.07 Å². The molecule has 0 fully saturated rings. The quantitative estimate of drug-likeness (QED) is 0.875. The van der Waals surface area contributed by atoms with Crippen molar-refractivity contribution in [1.29, 1.82) is 5.26 Å². The number of benzene rings is 2. The molecule has 0 spiro atoms. The lowest BCUT2D eigenvalue weighted by atomic mass is 10.0. The second-order valence-electron chi connectivity index (χ2n) is 3.89. The minimum atomic E-state index is -2.58. The van der Waals surface area contributed by atoms with Crippen LogP contribution in [0.2, 0.25) is 0 Å². The van der Waals surface area contributed by atoms with Gasteiger partial charge in [-0.15, -0.1) is 0 Å². The minimum Gasteiger partial charge on any atom is -0.506 e. The fourth-order valence-electron chi connectivity index (χ4n) is 1.73. The number of phenolic OH excluding ortho intramolecular Hbond substituents is 1. The van der Waals surface area contributed by atoms with Crippen molar-refractivity contribution >= 4 is 15.9 Å². The summed E-state index contributed by atoms with van der Waals surface area (Å²) in [5.74, 6) is -0.0783. The molecule has 2 rings (SSSR count). The second-order valence-corrected chi connectivity index (χ2v) is 4.75. The molecule has 0 aromatic heterocycles. The predicted octanol–water partition coefficient (Wildman–Crippen LogP) is 4.63. The molecule has 2 aromatic carbocycles. The summed E-state index contributed by atoms with van der Waals surface area (Å²) < 4.78 is 25.7. The summed E-state index contributed by atoms with van der Waals surface area (Å²) in [6.45, 7) is 0. The maximum atomic E-state index is 12.7. The summed E-state index contributed by atoms with van der Waals surface area (Å²) in [5.41, 5.74) is 0.985. The summed E-state index contributed by atoms with van der Waals surface area (Å²) in [7, 11) is 0. The van der Waals surface area contributed by atoms with Crippen molar-refractivity contribution in [1.82, 2.24) is 0 Å². The molecule has 0 radical (unpaired) electrons. The third-order valence-electron chi connectivity index (χ3n) is 2.64. The van der Waals surface area contributed by atoms with Crippen molar-refractivity contribution in [3.8, 4) is 22.9 Å². The van der Waals surface area contributed by atoms with Gasteiger partial charge in [-0.25, -0.2) is 8.78 Å². The van der Waals surface area contributed by atoms with Crippen molar-refractivity contribution in [3.63, 3.8) is 0 Å². The highest BCUT2D eigenvalue weighted by molar-refractivity contribution is 9.10. The average Bonchev–Trinajstić information content (AvgIpc) is 2.41. The van der Waals surface area contributed by atoms with Gasteiger partial charge in [-0.1, -0.05) is 18.2 Å². The molecule has 0 aliphatic rings. The van der Waals surface area contributed by atoms with Crippen molar-refractivity contribution < 1.29 is 13.9 Å². The van der Waals surface area contributed by atoms with Gasteiger partial charge in [0.05, 0.1) is 16.1 Å². The molecule has 0 amide bonds. The summed E-state index contributed by atoms with van der Waals surface area (Å²) in [6.07, 6.45) is -2.58. The normalized spacial score (nSPS) is 10.5. The molecule has 96 valence electrons. The molecule has 1 N–H and O–H groups in total. The van der Waals surface area contributed by atoms with E-state index in [4.69, 9.17) is 5.26 Å². The molecule has 0 saturated carbocycles. The molecule has 0 unspecified atom stereocenters. The van der Waals surface area contributed by atoms with Gasteiger partial charge in [0.25, 0.3) is 6.43 Å². The van der Waals surface area contributed by atoms with E-state index in [0.717, 1.165) is 0 Å². The molecule has 2 aromatic rings. The SMILES string of the molecule is N#Cc1cc(Br)c(O)c(-c2cccc(C(F)F)c2)c1. The average molecular weight is 324 g/mol. The van der Waals surface area contributed by atoms with Crippen LogP contribution in [0.25, 0.3) is 11.1 Å². The molecule has 0 heterocycles. The number of alkyl halides is 2. The summed E-state index contributed by atoms with van der Waals surface area (Å²) in [6, 6.07) is 10.6. The third-order valence-corrected chi connectivity index (χ3v) is 3.25. The fraction of sp³-hybridized carbons (Fsp3) is 0.0714. The van der Waals surface area contributed by atoms with Crippen molar-refractivity contribution in [2.75, 3.05) is 0 Å². The highest BCUT2D eigenvalue weighted by atomic mass is 79.9. The van der Waals surface area contributed by atoms with E-state index < -0.39 is 6.43 Å². The number of rotatable bonds is 2. The Bertz CT molecular complexity index is 665. The van der Waals surface area contributed by atoms with Crippen molar-refractivity contribution in [2.45, 2.75) is 6.43 Å². The number of aromatic hydroxyl groups is 1. The standard InChI is InChI=1S/C14H8BrF2NO/c15-12-5-8(7-18)4-11(13(12)19)9-2-1-3-10(6-9)14(16)17/h1-6,14,19H. The molecule has 0 aliphatic heterocycles. The zero-order chi connectivity index (χ0) is 14.0. The fourth-order valence-corrected chi connectivity index (χ4v) is 2.19. The maximum absolute atomic E-state index is 12.7. The Hall–Kier alpha value is -1.93. The first-order valence-corrected chi connectivity index (χ1v) is 6.13. The minimum absolute atomic E-state index is 0.0783. The van der Waals surface area contributed by atoms with Gasteiger partial charge in [0.2, 0.25) is 0 Å². The molecular formula is C14H8BrF2NO. The predicted molar refractivity (Wildman–Crippen MR) is 70.9 cm³/mol. The van der Waals surface area contributed by atoms with E-state index in [9.17, 15) is 13.9 Å². The summed E-state index contributed by atoms with van der Waals surface area (Å²) in [5, 5.41) is 18.9. The second kappa shape index (κ2) is 5.37. The molecule has 0 saturated heterocycles. The van der Waals surface area contributed by atoms with Gasteiger partial charge in [-0.3, -0.25) is 0 Å². The Morgan fingerprint density at radius 1 is 1.21 bits per heavy atom. The summed E-state index contributed by atoms with van der Waals surface area (Å²) >= 11 is 3.13. The molecule has 0 atom stereocenters. The molecule has 5 heteroatoms. The van der Waals surface area contributed by atoms with Crippen molar-refractivity contribution in [2.24, 2.45) is 0 Å². The van der Waals surface area contributed by atoms with Gasteiger partial charge in [0.1, 0.15) is 5.75 Å². The Labute approximate surface area is 117 Å². The van der Waals surface area contributed by atoms with Gasteiger partial charge < -0.3 is 5.11 Å². The number of nitriles is 1. The van der Waals surface area contributed by atoms with Crippen LogP contribution in [0.3, 0.4) is 0 Å². The van der Waals surface area contributed by atoms with E-state index in [-0.39, 0.29) is 11.3 Å². The van der Waals surface area contributed by atoms with Gasteiger partial charge in [0, 0.05) is 11.1 Å². The zero-order valence-electron chi connectivity index (χ0n) is 9.57. The lowest BCUT2D eigenvalue weighted by Gasteiger charge is -2.09. The van der Waals surface area contributed by atoms with Crippen LogP contribution >= 0.6 is 15.9 Å². The van der Waals surface area contributed by atoms with E-state index in [1.807, 2.05) is 6.07 Å². The van der Waals surface area contributed by atoms with Gasteiger partial charge in [-0.05, 0) is 39.7 Å². The maximum Gasteiger partial charge on any atom is 0.263 e. The highest BCUT2D eigenvalue weighted by Crippen LogP contribution is 2.37. The Balaban J connectivity index is 2.62. The Morgan fingerprint density at radius 3 is 2.58 bits per heavy atom. The van der Waals surface area contributed by atoms with Crippen LogP contribution in [0.15, 0.2) is 40.9 Å². The number of hydrogen-bond acceptors (Lipinski definition) is 2. The van der Waals surface area contributed by atoms with Crippen LogP contribution in [-0.2, 0) is 0 Å². The van der Waals surface area contributed by atoms with Crippen LogP contribution in [0.1, 0.15) is 17.6 Å². The zero-order valence-corrected chi connectivity index (χ0v) is 11.2. The lowest BCUT2D eigenvalue weighted by Crippen LogP contribution is -1.88. The summed E-state index contributed by atoms with van der Waals surface area (Å²) in [4.78, 5) is 0. The van der Waals surface area contributed by atoms with Crippen molar-refractivity contribution in [3.05, 3.63) is 52.0 Å². The smallest absolute Gasteiger partial charge is 0.263 e. The highest BCUT2D eigenvalue weighted by Gasteiger charge is 2.13. The van der Waals surface area contributed by atoms with E-state index in [2.05, 4.69) is 15.9 Å². The van der Waals surface area contributed by atoms with E-state index in [1.165, 1.54) is 30.3 Å². The largest absolute Gasteiger partial charge is 0.506 e. The Kier molecular flexibility index (Phi) is 3.82. The molecule has 19 heavy (non-hydrogen) atoms. The number of hydrogen-bond donors (Lipinski definition) is 1. The van der Waals surface area contributed by atoms with Crippen LogP contribution in [0.4, 0.5) is 8.78 Å². The van der Waals surface area contributed by atoms with Gasteiger partial charge in [-0.2, -0.15) is 5.26 Å². The van der Waals surface area contributed by atoms with Crippen LogP contribution < -0.4 is 0 Å². The Morgan fingerprint density at radius 2 is 1.95 bits per heavy atom. The van der Waals surface area contributed by atoms with Gasteiger partial charge in [0.15, 0.2) is 0 Å². The van der Waals surface area contributed by atoms with Gasteiger partial charge >= 0.3 is 0 Å². The first-order valence-electron chi connectivity index (χ1n) is 5.34. The third kappa shape index (κ3) is 2.74. The lowest BCUT2D eigenvalue weighted by molar-refractivity contribution is 0.151. The first-order chi connectivity index (χ1) is 9.02. The number of phenols is 1.